The molecule has 0 aliphatic rings. The summed E-state index contributed by atoms with van der Waals surface area (Å²) in [6.45, 7) is 2.90. The maximum absolute atomic E-state index is 12.1. The van der Waals surface area contributed by atoms with E-state index in [1.807, 2.05) is 18.2 Å². The van der Waals surface area contributed by atoms with Crippen LogP contribution in [0.2, 0.25) is 0 Å². The first-order valence-corrected chi connectivity index (χ1v) is 10.6. The van der Waals surface area contributed by atoms with Gasteiger partial charge in [-0.2, -0.15) is 5.10 Å². The molecule has 0 saturated carbocycles. The van der Waals surface area contributed by atoms with Gasteiger partial charge in [0.15, 0.2) is 11.5 Å². The average molecular weight is 442 g/mol. The summed E-state index contributed by atoms with van der Waals surface area (Å²) in [5.74, 6) is 1.30. The van der Waals surface area contributed by atoms with Crippen molar-refractivity contribution >= 4 is 18.0 Å². The highest BCUT2D eigenvalue weighted by Gasteiger charge is 2.10. The number of methoxy groups -OCH3 is 2. The first-order chi connectivity index (χ1) is 15.6. The molecule has 2 aromatic rings. The molecule has 0 spiro atoms. The molecule has 172 valence electrons. The Morgan fingerprint density at radius 3 is 2.50 bits per heavy atom. The van der Waals surface area contributed by atoms with Gasteiger partial charge in [-0.05, 0) is 42.8 Å². The molecule has 8 heteroatoms. The van der Waals surface area contributed by atoms with Crippen LogP contribution >= 0.6 is 0 Å². The van der Waals surface area contributed by atoms with E-state index < -0.39 is 0 Å². The lowest BCUT2D eigenvalue weighted by Gasteiger charge is -2.13. The number of benzene rings is 2. The van der Waals surface area contributed by atoms with Crippen molar-refractivity contribution in [2.45, 2.75) is 32.6 Å². The summed E-state index contributed by atoms with van der Waals surface area (Å²) in [4.78, 5) is 24.1. The molecule has 2 N–H and O–H groups in total. The Bertz CT molecular complexity index is 897. The predicted molar refractivity (Wildman–Crippen MR) is 124 cm³/mol. The lowest BCUT2D eigenvalue weighted by atomic mass is 10.2. The van der Waals surface area contributed by atoms with Crippen LogP contribution in [-0.2, 0) is 4.79 Å². The van der Waals surface area contributed by atoms with Gasteiger partial charge in [0.2, 0.25) is 5.91 Å². The molecule has 0 aliphatic carbocycles. The summed E-state index contributed by atoms with van der Waals surface area (Å²) < 4.78 is 16.3. The van der Waals surface area contributed by atoms with Crippen molar-refractivity contribution in [1.29, 1.82) is 0 Å². The topological polar surface area (TPSA) is 98.2 Å². The monoisotopic (exact) mass is 441 g/mol. The van der Waals surface area contributed by atoms with E-state index in [0.717, 1.165) is 19.3 Å². The fourth-order valence-electron chi connectivity index (χ4n) is 2.84. The van der Waals surface area contributed by atoms with E-state index in [4.69, 9.17) is 14.2 Å². The number of unbranched alkanes of at least 4 members (excludes halogenated alkanes) is 2. The Labute approximate surface area is 188 Å². The van der Waals surface area contributed by atoms with Gasteiger partial charge in [0.05, 0.1) is 27.0 Å². The van der Waals surface area contributed by atoms with Gasteiger partial charge in [-0.3, -0.25) is 9.59 Å². The molecule has 0 fully saturated rings. The number of nitrogens with one attached hydrogen (secondary N) is 2. The number of nitrogens with zero attached hydrogens (tertiary/aromatic N) is 1. The molecule has 8 nitrogen and oxygen atoms in total. The van der Waals surface area contributed by atoms with Crippen molar-refractivity contribution in [2.75, 3.05) is 27.4 Å². The van der Waals surface area contributed by atoms with E-state index in [-0.39, 0.29) is 24.8 Å². The number of amides is 2. The van der Waals surface area contributed by atoms with Crippen LogP contribution in [0.4, 0.5) is 0 Å². The van der Waals surface area contributed by atoms with Crippen LogP contribution in [0.25, 0.3) is 0 Å². The fraction of sp³-hybridized carbons (Fsp3) is 0.375. The SMILES string of the molecule is CCCCCOc1c(C=NNC(=O)CCNC(=O)c2ccc(OC)cc2)cccc1OC. The van der Waals surface area contributed by atoms with E-state index in [2.05, 4.69) is 22.8 Å². The molecule has 0 aliphatic heterocycles. The first kappa shape index (κ1) is 24.7. The van der Waals surface area contributed by atoms with Gasteiger partial charge >= 0.3 is 0 Å². The van der Waals surface area contributed by atoms with Crippen LogP contribution in [0.15, 0.2) is 47.6 Å². The molecule has 0 heterocycles. The molecule has 0 atom stereocenters. The largest absolute Gasteiger partial charge is 0.497 e. The van der Waals surface area contributed by atoms with E-state index in [1.54, 1.807) is 38.5 Å². The number of rotatable bonds is 13. The fourth-order valence-corrected chi connectivity index (χ4v) is 2.84. The second kappa shape index (κ2) is 13.7. The summed E-state index contributed by atoms with van der Waals surface area (Å²) in [5, 5.41) is 6.71. The third-order valence-corrected chi connectivity index (χ3v) is 4.61. The maximum Gasteiger partial charge on any atom is 0.251 e. The number of hydrazone groups is 1. The summed E-state index contributed by atoms with van der Waals surface area (Å²) in [6, 6.07) is 12.2. The molecular formula is C24H31N3O5. The molecule has 0 saturated heterocycles. The van der Waals surface area contributed by atoms with Gasteiger partial charge in [-0.25, -0.2) is 5.43 Å². The number of para-hydroxylation sites is 1. The predicted octanol–water partition coefficient (Wildman–Crippen LogP) is 3.54. The summed E-state index contributed by atoms with van der Waals surface area (Å²) in [7, 11) is 3.14. The standard InChI is InChI=1S/C24H31N3O5/c1-4-5-6-16-32-23-19(8-7-9-21(23)31-3)17-26-27-22(28)14-15-25-24(29)18-10-12-20(30-2)13-11-18/h7-13,17H,4-6,14-16H2,1-3H3,(H,25,29)(H,27,28). The van der Waals surface area contributed by atoms with Crippen LogP contribution in [0.1, 0.15) is 48.5 Å². The zero-order valence-corrected chi connectivity index (χ0v) is 18.8. The number of hydrogen-bond acceptors (Lipinski definition) is 6. The Kier molecular flexibility index (Phi) is 10.6. The number of carbonyl (C=O) groups excluding carboxylic acids is 2. The van der Waals surface area contributed by atoms with Gasteiger partial charge in [-0.15, -0.1) is 0 Å². The molecule has 2 amide bonds. The summed E-state index contributed by atoms with van der Waals surface area (Å²) >= 11 is 0. The normalized spacial score (nSPS) is 10.6. The van der Waals surface area contributed by atoms with Crippen molar-refractivity contribution in [3.63, 3.8) is 0 Å². The van der Waals surface area contributed by atoms with Gasteiger partial charge in [0.25, 0.3) is 5.91 Å². The summed E-state index contributed by atoms with van der Waals surface area (Å²) in [6.07, 6.45) is 4.76. The highest BCUT2D eigenvalue weighted by molar-refractivity contribution is 5.94. The van der Waals surface area contributed by atoms with E-state index in [1.165, 1.54) is 6.21 Å². The van der Waals surface area contributed by atoms with Crippen LogP contribution in [-0.4, -0.2) is 45.4 Å². The van der Waals surface area contributed by atoms with Crippen molar-refractivity contribution in [2.24, 2.45) is 5.10 Å². The first-order valence-electron chi connectivity index (χ1n) is 10.6. The highest BCUT2D eigenvalue weighted by atomic mass is 16.5. The highest BCUT2D eigenvalue weighted by Crippen LogP contribution is 2.30. The molecular weight excluding hydrogens is 410 g/mol. The van der Waals surface area contributed by atoms with Crippen LogP contribution in [0.3, 0.4) is 0 Å². The van der Waals surface area contributed by atoms with Crippen molar-refractivity contribution < 1.29 is 23.8 Å². The minimum absolute atomic E-state index is 0.0950. The lowest BCUT2D eigenvalue weighted by Crippen LogP contribution is -2.29. The molecule has 0 radical (unpaired) electrons. The molecule has 2 rings (SSSR count). The quantitative estimate of drug-likeness (QED) is 0.281. The van der Waals surface area contributed by atoms with Gasteiger partial charge in [-0.1, -0.05) is 25.8 Å². The number of carbonyl (C=O) groups is 2. The number of ether oxygens (including phenoxy) is 3. The zero-order chi connectivity index (χ0) is 23.2. The van der Waals surface area contributed by atoms with E-state index in [0.29, 0.717) is 35.0 Å². The third-order valence-electron chi connectivity index (χ3n) is 4.61. The Morgan fingerprint density at radius 2 is 1.81 bits per heavy atom. The molecule has 32 heavy (non-hydrogen) atoms. The minimum atomic E-state index is -0.315. The van der Waals surface area contributed by atoms with Crippen LogP contribution in [0, 0.1) is 0 Å². The molecule has 0 bridgehead atoms. The third kappa shape index (κ3) is 7.94. The molecule has 0 unspecified atom stereocenters. The van der Waals surface area contributed by atoms with Gasteiger partial charge < -0.3 is 19.5 Å². The van der Waals surface area contributed by atoms with E-state index >= 15 is 0 Å². The van der Waals surface area contributed by atoms with Gasteiger partial charge in [0.1, 0.15) is 5.75 Å². The van der Waals surface area contributed by atoms with Crippen molar-refractivity contribution in [3.8, 4) is 17.2 Å². The summed E-state index contributed by atoms with van der Waals surface area (Å²) in [5.41, 5.74) is 3.66. The van der Waals surface area contributed by atoms with E-state index in [9.17, 15) is 9.59 Å². The second-order valence-corrected chi connectivity index (χ2v) is 6.96. The Hall–Kier alpha value is -3.55. The van der Waals surface area contributed by atoms with Crippen LogP contribution in [0.5, 0.6) is 17.2 Å². The smallest absolute Gasteiger partial charge is 0.251 e. The molecule has 0 aromatic heterocycles. The molecule has 2 aromatic carbocycles. The Balaban J connectivity index is 1.82. The van der Waals surface area contributed by atoms with Crippen molar-refractivity contribution in [1.82, 2.24) is 10.7 Å². The number of hydrogen-bond donors (Lipinski definition) is 2. The zero-order valence-electron chi connectivity index (χ0n) is 18.8. The van der Waals surface area contributed by atoms with Gasteiger partial charge in [0, 0.05) is 24.1 Å². The lowest BCUT2D eigenvalue weighted by molar-refractivity contribution is -0.120. The minimum Gasteiger partial charge on any atom is -0.497 e. The van der Waals surface area contributed by atoms with Crippen molar-refractivity contribution in [3.05, 3.63) is 53.6 Å². The Morgan fingerprint density at radius 1 is 1.03 bits per heavy atom. The maximum atomic E-state index is 12.1. The van der Waals surface area contributed by atoms with Crippen LogP contribution < -0.4 is 25.0 Å². The average Bonchev–Trinajstić information content (AvgIpc) is 2.82. The second-order valence-electron chi connectivity index (χ2n) is 6.96.